The Morgan fingerprint density at radius 1 is 1.16 bits per heavy atom. The first kappa shape index (κ1) is 18.4. The SMILES string of the molecule is CC(c1ccccc1)N(C)C(=O)COC(=O)CCNc1ncccn1. The molecule has 1 atom stereocenters. The summed E-state index contributed by atoms with van der Waals surface area (Å²) < 4.78 is 5.04. The number of rotatable bonds is 8. The van der Waals surface area contributed by atoms with Crippen molar-refractivity contribution in [2.24, 2.45) is 0 Å². The first-order chi connectivity index (χ1) is 12.1. The van der Waals surface area contributed by atoms with Gasteiger partial charge in [-0.2, -0.15) is 0 Å². The third kappa shape index (κ3) is 5.87. The van der Waals surface area contributed by atoms with E-state index < -0.39 is 5.97 Å². The van der Waals surface area contributed by atoms with Crippen LogP contribution in [0.5, 0.6) is 0 Å². The standard InChI is InChI=1S/C18H22N4O3/c1-14(15-7-4-3-5-8-15)22(2)16(23)13-25-17(24)9-12-21-18-19-10-6-11-20-18/h3-8,10-11,14H,9,12-13H2,1-2H3,(H,19,20,21). The van der Waals surface area contributed by atoms with Crippen molar-refractivity contribution in [2.45, 2.75) is 19.4 Å². The third-order valence-corrected chi connectivity index (χ3v) is 3.79. The van der Waals surface area contributed by atoms with Crippen LogP contribution in [0.3, 0.4) is 0 Å². The number of benzene rings is 1. The highest BCUT2D eigenvalue weighted by atomic mass is 16.5. The Morgan fingerprint density at radius 3 is 2.52 bits per heavy atom. The molecule has 2 rings (SSSR count). The molecule has 7 heteroatoms. The fourth-order valence-corrected chi connectivity index (χ4v) is 2.15. The van der Waals surface area contributed by atoms with Gasteiger partial charge >= 0.3 is 5.97 Å². The fourth-order valence-electron chi connectivity index (χ4n) is 2.15. The van der Waals surface area contributed by atoms with E-state index in [9.17, 15) is 9.59 Å². The Morgan fingerprint density at radius 2 is 1.84 bits per heavy atom. The number of anilines is 1. The molecule has 0 saturated heterocycles. The van der Waals surface area contributed by atoms with E-state index in [2.05, 4.69) is 15.3 Å². The summed E-state index contributed by atoms with van der Waals surface area (Å²) in [4.78, 5) is 33.4. The van der Waals surface area contributed by atoms with E-state index in [0.717, 1.165) is 5.56 Å². The van der Waals surface area contributed by atoms with Gasteiger partial charge in [-0.25, -0.2) is 9.97 Å². The van der Waals surface area contributed by atoms with E-state index in [-0.39, 0.29) is 25.0 Å². The molecule has 0 aliphatic heterocycles. The van der Waals surface area contributed by atoms with Gasteiger partial charge in [0.1, 0.15) is 0 Å². The number of esters is 1. The zero-order valence-electron chi connectivity index (χ0n) is 14.4. The molecule has 7 nitrogen and oxygen atoms in total. The maximum absolute atomic E-state index is 12.2. The summed E-state index contributed by atoms with van der Waals surface area (Å²) in [6.45, 7) is 2.00. The summed E-state index contributed by atoms with van der Waals surface area (Å²) in [5.41, 5.74) is 1.02. The number of aromatic nitrogens is 2. The molecule has 132 valence electrons. The summed E-state index contributed by atoms with van der Waals surface area (Å²) in [6.07, 6.45) is 3.34. The maximum Gasteiger partial charge on any atom is 0.308 e. The molecule has 1 aromatic heterocycles. The van der Waals surface area contributed by atoms with Gasteiger partial charge in [0.25, 0.3) is 5.91 Å². The molecule has 0 aliphatic rings. The maximum atomic E-state index is 12.2. The van der Waals surface area contributed by atoms with Crippen molar-refractivity contribution in [1.29, 1.82) is 0 Å². The minimum Gasteiger partial charge on any atom is -0.456 e. The van der Waals surface area contributed by atoms with Gasteiger partial charge in [0.2, 0.25) is 5.95 Å². The molecular formula is C18H22N4O3. The average molecular weight is 342 g/mol. The number of nitrogens with one attached hydrogen (secondary N) is 1. The summed E-state index contributed by atoms with van der Waals surface area (Å²) in [6, 6.07) is 11.3. The van der Waals surface area contributed by atoms with Crippen molar-refractivity contribution < 1.29 is 14.3 Å². The Kier molecular flexibility index (Phi) is 6.88. The molecule has 1 N–H and O–H groups in total. The number of hydrogen-bond donors (Lipinski definition) is 1. The van der Waals surface area contributed by atoms with E-state index in [0.29, 0.717) is 12.5 Å². The molecule has 0 radical (unpaired) electrons. The lowest BCUT2D eigenvalue weighted by Crippen LogP contribution is -2.33. The van der Waals surface area contributed by atoms with Gasteiger partial charge in [-0.3, -0.25) is 9.59 Å². The highest BCUT2D eigenvalue weighted by molar-refractivity contribution is 5.80. The van der Waals surface area contributed by atoms with Crippen molar-refractivity contribution in [3.05, 3.63) is 54.4 Å². The molecule has 2 aromatic rings. The Labute approximate surface area is 147 Å². The smallest absolute Gasteiger partial charge is 0.308 e. The molecule has 1 unspecified atom stereocenters. The normalized spacial score (nSPS) is 11.4. The summed E-state index contributed by atoms with van der Waals surface area (Å²) >= 11 is 0. The Balaban J connectivity index is 1.70. The second-order valence-electron chi connectivity index (χ2n) is 5.50. The number of amides is 1. The Bertz CT molecular complexity index is 679. The second-order valence-corrected chi connectivity index (χ2v) is 5.50. The van der Waals surface area contributed by atoms with Crippen LogP contribution < -0.4 is 5.32 Å². The molecule has 0 spiro atoms. The highest BCUT2D eigenvalue weighted by Gasteiger charge is 2.18. The quantitative estimate of drug-likeness (QED) is 0.739. The number of carbonyl (C=O) groups excluding carboxylic acids is 2. The van der Waals surface area contributed by atoms with Crippen LogP contribution in [0, 0.1) is 0 Å². The van der Waals surface area contributed by atoms with Crippen molar-refractivity contribution in [1.82, 2.24) is 14.9 Å². The van der Waals surface area contributed by atoms with Gasteiger partial charge in [0.05, 0.1) is 12.5 Å². The van der Waals surface area contributed by atoms with Gasteiger partial charge in [0.15, 0.2) is 6.61 Å². The van der Waals surface area contributed by atoms with E-state index in [1.807, 2.05) is 37.3 Å². The largest absolute Gasteiger partial charge is 0.456 e. The number of hydrogen-bond acceptors (Lipinski definition) is 6. The van der Waals surface area contributed by atoms with E-state index in [1.54, 1.807) is 30.4 Å². The lowest BCUT2D eigenvalue weighted by atomic mass is 10.1. The monoisotopic (exact) mass is 342 g/mol. The van der Waals surface area contributed by atoms with Crippen molar-refractivity contribution in [3.8, 4) is 0 Å². The van der Waals surface area contributed by atoms with Gasteiger partial charge < -0.3 is 15.0 Å². The first-order valence-corrected chi connectivity index (χ1v) is 8.05. The van der Waals surface area contributed by atoms with Crippen LogP contribution in [0.15, 0.2) is 48.8 Å². The molecule has 1 amide bonds. The topological polar surface area (TPSA) is 84.4 Å². The second kappa shape index (κ2) is 9.36. The molecule has 1 aromatic carbocycles. The summed E-state index contributed by atoms with van der Waals surface area (Å²) in [5.74, 6) is -0.246. The number of ether oxygens (including phenoxy) is 1. The van der Waals surface area contributed by atoms with Gasteiger partial charge in [-0.05, 0) is 18.6 Å². The minimum atomic E-state index is -0.447. The zero-order chi connectivity index (χ0) is 18.1. The third-order valence-electron chi connectivity index (χ3n) is 3.79. The number of likely N-dealkylation sites (N-methyl/N-ethyl adjacent to an activating group) is 1. The van der Waals surface area contributed by atoms with Crippen molar-refractivity contribution in [2.75, 3.05) is 25.5 Å². The van der Waals surface area contributed by atoms with E-state index in [4.69, 9.17) is 4.74 Å². The van der Waals surface area contributed by atoms with Crippen LogP contribution in [0.2, 0.25) is 0 Å². The van der Waals surface area contributed by atoms with Crippen LogP contribution >= 0.6 is 0 Å². The molecule has 0 bridgehead atoms. The van der Waals surface area contributed by atoms with Crippen LogP contribution in [0.25, 0.3) is 0 Å². The molecule has 0 fully saturated rings. The molecule has 0 aliphatic carbocycles. The summed E-state index contributed by atoms with van der Waals surface area (Å²) in [7, 11) is 1.70. The van der Waals surface area contributed by atoms with Crippen LogP contribution in [-0.2, 0) is 14.3 Å². The average Bonchev–Trinajstić information content (AvgIpc) is 2.66. The fraction of sp³-hybridized carbons (Fsp3) is 0.333. The van der Waals surface area contributed by atoms with Crippen LogP contribution in [-0.4, -0.2) is 46.9 Å². The summed E-state index contributed by atoms with van der Waals surface area (Å²) in [5, 5.41) is 2.91. The number of carbonyl (C=O) groups is 2. The van der Waals surface area contributed by atoms with E-state index in [1.165, 1.54) is 0 Å². The van der Waals surface area contributed by atoms with Crippen LogP contribution in [0.1, 0.15) is 24.9 Å². The van der Waals surface area contributed by atoms with Gasteiger partial charge in [-0.1, -0.05) is 30.3 Å². The molecular weight excluding hydrogens is 320 g/mol. The molecule has 0 saturated carbocycles. The number of nitrogens with zero attached hydrogens (tertiary/aromatic N) is 3. The van der Waals surface area contributed by atoms with Gasteiger partial charge in [-0.15, -0.1) is 0 Å². The van der Waals surface area contributed by atoms with E-state index >= 15 is 0 Å². The minimum absolute atomic E-state index is 0.0932. The first-order valence-electron chi connectivity index (χ1n) is 8.05. The predicted octanol–water partition coefficient (Wildman–Crippen LogP) is 2.04. The molecule has 1 heterocycles. The van der Waals surface area contributed by atoms with Gasteiger partial charge in [0, 0.05) is 26.0 Å². The lowest BCUT2D eigenvalue weighted by molar-refractivity contribution is -0.152. The van der Waals surface area contributed by atoms with Crippen molar-refractivity contribution in [3.63, 3.8) is 0 Å². The van der Waals surface area contributed by atoms with Crippen molar-refractivity contribution >= 4 is 17.8 Å². The molecule has 25 heavy (non-hydrogen) atoms. The highest BCUT2D eigenvalue weighted by Crippen LogP contribution is 2.18. The zero-order valence-corrected chi connectivity index (χ0v) is 14.4. The van der Waals surface area contributed by atoms with Crippen LogP contribution in [0.4, 0.5) is 5.95 Å². The lowest BCUT2D eigenvalue weighted by Gasteiger charge is -2.25. The predicted molar refractivity (Wildman–Crippen MR) is 93.7 cm³/mol. The Hall–Kier alpha value is -2.96.